The molecule has 0 bridgehead atoms. The number of benzene rings is 1. The average Bonchev–Trinajstić information content (AvgIpc) is 2.82. The Kier molecular flexibility index (Phi) is 2.73. The van der Waals surface area contributed by atoms with E-state index in [1.807, 2.05) is 6.07 Å². The zero-order chi connectivity index (χ0) is 13.6. The number of fused-ring (bicyclic) bond motifs is 3. The van der Waals surface area contributed by atoms with Gasteiger partial charge in [-0.15, -0.1) is 0 Å². The summed E-state index contributed by atoms with van der Waals surface area (Å²) in [6.45, 7) is 5.47. The second-order valence-electron chi connectivity index (χ2n) is 5.48. The van der Waals surface area contributed by atoms with Crippen molar-refractivity contribution in [3.8, 4) is 0 Å². The van der Waals surface area contributed by atoms with Gasteiger partial charge in [-0.2, -0.15) is 0 Å². The number of H-pyrrole nitrogens is 1. The van der Waals surface area contributed by atoms with Crippen LogP contribution in [0.3, 0.4) is 0 Å². The molecule has 0 saturated carbocycles. The van der Waals surface area contributed by atoms with Gasteiger partial charge in [0.25, 0.3) is 0 Å². The van der Waals surface area contributed by atoms with Crippen molar-refractivity contribution < 1.29 is 9.90 Å². The molecule has 0 spiro atoms. The zero-order valence-electron chi connectivity index (χ0n) is 11.2. The Morgan fingerprint density at radius 1 is 1.42 bits per heavy atom. The highest BCUT2D eigenvalue weighted by molar-refractivity contribution is 5.88. The van der Waals surface area contributed by atoms with E-state index in [1.165, 1.54) is 21.4 Å². The van der Waals surface area contributed by atoms with Gasteiger partial charge in [-0.05, 0) is 35.1 Å². The van der Waals surface area contributed by atoms with Crippen LogP contribution in [-0.4, -0.2) is 27.6 Å². The largest absolute Gasteiger partial charge is 0.465 e. The van der Waals surface area contributed by atoms with Gasteiger partial charge in [0.15, 0.2) is 0 Å². The molecule has 19 heavy (non-hydrogen) atoms. The van der Waals surface area contributed by atoms with Gasteiger partial charge in [0.2, 0.25) is 0 Å². The average molecular weight is 258 g/mol. The monoisotopic (exact) mass is 258 g/mol. The zero-order valence-corrected chi connectivity index (χ0v) is 11.2. The van der Waals surface area contributed by atoms with Crippen molar-refractivity contribution in [2.75, 3.05) is 6.54 Å². The third-order valence-electron chi connectivity index (χ3n) is 3.97. The molecule has 1 aliphatic rings. The third-order valence-corrected chi connectivity index (χ3v) is 3.97. The maximum absolute atomic E-state index is 11.1. The molecule has 0 unspecified atom stereocenters. The summed E-state index contributed by atoms with van der Waals surface area (Å²) in [6.07, 6.45) is 2.05. The summed E-state index contributed by atoms with van der Waals surface area (Å²) in [6, 6.07) is 4.11. The highest BCUT2D eigenvalue weighted by Gasteiger charge is 2.23. The Morgan fingerprint density at radius 2 is 2.21 bits per heavy atom. The second kappa shape index (κ2) is 4.30. The van der Waals surface area contributed by atoms with Crippen molar-refractivity contribution in [3.05, 3.63) is 35.0 Å². The van der Waals surface area contributed by atoms with Gasteiger partial charge in [0, 0.05) is 30.2 Å². The Bertz CT molecular complexity index is 643. The lowest BCUT2D eigenvalue weighted by atomic mass is 9.91. The number of rotatable bonds is 1. The van der Waals surface area contributed by atoms with Crippen LogP contribution in [0.5, 0.6) is 0 Å². The van der Waals surface area contributed by atoms with E-state index in [-0.39, 0.29) is 0 Å². The van der Waals surface area contributed by atoms with Crippen molar-refractivity contribution in [2.24, 2.45) is 0 Å². The van der Waals surface area contributed by atoms with Crippen molar-refractivity contribution >= 4 is 17.0 Å². The number of aromatic nitrogens is 1. The number of carbonyl (C=O) groups is 1. The van der Waals surface area contributed by atoms with E-state index in [4.69, 9.17) is 5.11 Å². The number of nitrogens with zero attached hydrogens (tertiary/aromatic N) is 1. The third kappa shape index (κ3) is 1.87. The minimum atomic E-state index is -0.830. The van der Waals surface area contributed by atoms with E-state index in [0.29, 0.717) is 19.0 Å². The number of hydrogen-bond acceptors (Lipinski definition) is 1. The lowest BCUT2D eigenvalue weighted by Gasteiger charge is -2.27. The first-order chi connectivity index (χ1) is 9.08. The van der Waals surface area contributed by atoms with Crippen molar-refractivity contribution in [1.82, 2.24) is 9.88 Å². The van der Waals surface area contributed by atoms with Crippen LogP contribution < -0.4 is 0 Å². The first kappa shape index (κ1) is 12.1. The molecule has 1 aliphatic heterocycles. The van der Waals surface area contributed by atoms with Gasteiger partial charge < -0.3 is 15.0 Å². The Balaban J connectivity index is 2.14. The number of nitrogens with one attached hydrogen (secondary N) is 1. The van der Waals surface area contributed by atoms with Crippen LogP contribution in [-0.2, 0) is 13.0 Å². The quantitative estimate of drug-likeness (QED) is 0.824. The predicted octanol–water partition coefficient (Wildman–Crippen LogP) is 3.33. The van der Waals surface area contributed by atoms with Crippen LogP contribution in [0.1, 0.15) is 36.5 Å². The molecular formula is C15H18N2O2. The molecule has 0 saturated heterocycles. The van der Waals surface area contributed by atoms with E-state index in [9.17, 15) is 4.79 Å². The molecule has 4 heteroatoms. The van der Waals surface area contributed by atoms with Gasteiger partial charge in [-0.25, -0.2) is 4.79 Å². The first-order valence-corrected chi connectivity index (χ1v) is 6.67. The van der Waals surface area contributed by atoms with Crippen LogP contribution in [0, 0.1) is 0 Å². The summed E-state index contributed by atoms with van der Waals surface area (Å²) in [5, 5.41) is 10.4. The minimum Gasteiger partial charge on any atom is -0.465 e. The predicted molar refractivity (Wildman–Crippen MR) is 74.5 cm³/mol. The molecule has 4 nitrogen and oxygen atoms in total. The SMILES string of the molecule is CC(C)c1c[nH]c2ccc3c(c12)CCN(C(=O)O)C3. The maximum Gasteiger partial charge on any atom is 0.407 e. The Hall–Kier alpha value is -1.97. The highest BCUT2D eigenvalue weighted by Crippen LogP contribution is 2.33. The topological polar surface area (TPSA) is 56.3 Å². The molecule has 3 rings (SSSR count). The molecule has 2 N–H and O–H groups in total. The van der Waals surface area contributed by atoms with E-state index >= 15 is 0 Å². The first-order valence-electron chi connectivity index (χ1n) is 6.67. The smallest absolute Gasteiger partial charge is 0.407 e. The van der Waals surface area contributed by atoms with Gasteiger partial charge in [-0.1, -0.05) is 19.9 Å². The summed E-state index contributed by atoms with van der Waals surface area (Å²) in [5.41, 5.74) is 4.95. The minimum absolute atomic E-state index is 0.470. The number of aromatic amines is 1. The van der Waals surface area contributed by atoms with Crippen LogP contribution in [0.2, 0.25) is 0 Å². The van der Waals surface area contributed by atoms with Gasteiger partial charge in [-0.3, -0.25) is 0 Å². The Labute approximate surface area is 112 Å². The molecule has 2 heterocycles. The molecule has 0 atom stereocenters. The number of amides is 1. The van der Waals surface area contributed by atoms with Crippen LogP contribution in [0.25, 0.3) is 10.9 Å². The van der Waals surface area contributed by atoms with Crippen molar-refractivity contribution in [3.63, 3.8) is 0 Å². The molecule has 0 fully saturated rings. The summed E-state index contributed by atoms with van der Waals surface area (Å²) in [5.74, 6) is 0.470. The molecule has 0 aliphatic carbocycles. The molecular weight excluding hydrogens is 240 g/mol. The van der Waals surface area contributed by atoms with Crippen LogP contribution in [0.4, 0.5) is 4.79 Å². The van der Waals surface area contributed by atoms with Crippen molar-refractivity contribution in [1.29, 1.82) is 0 Å². The van der Waals surface area contributed by atoms with Gasteiger partial charge in [0.1, 0.15) is 0 Å². The summed E-state index contributed by atoms with van der Waals surface area (Å²) < 4.78 is 0. The van der Waals surface area contributed by atoms with Gasteiger partial charge >= 0.3 is 6.09 Å². The summed E-state index contributed by atoms with van der Waals surface area (Å²) in [4.78, 5) is 15.9. The fraction of sp³-hybridized carbons (Fsp3) is 0.400. The normalized spacial score (nSPS) is 15.0. The molecule has 0 radical (unpaired) electrons. The molecule has 1 aromatic heterocycles. The maximum atomic E-state index is 11.1. The lowest BCUT2D eigenvalue weighted by Crippen LogP contribution is -2.34. The highest BCUT2D eigenvalue weighted by atomic mass is 16.4. The number of hydrogen-bond donors (Lipinski definition) is 2. The van der Waals surface area contributed by atoms with E-state index in [1.54, 1.807) is 0 Å². The second-order valence-corrected chi connectivity index (χ2v) is 5.48. The fourth-order valence-corrected chi connectivity index (χ4v) is 2.95. The van der Waals surface area contributed by atoms with E-state index in [0.717, 1.165) is 17.5 Å². The van der Waals surface area contributed by atoms with E-state index < -0.39 is 6.09 Å². The summed E-state index contributed by atoms with van der Waals surface area (Å²) >= 11 is 0. The fourth-order valence-electron chi connectivity index (χ4n) is 2.95. The van der Waals surface area contributed by atoms with Gasteiger partial charge in [0.05, 0.1) is 0 Å². The standard InChI is InChI=1S/C15H18N2O2/c1-9(2)12-7-16-13-4-3-10-8-17(15(18)19)6-5-11(10)14(12)13/h3-4,7,9,16H,5-6,8H2,1-2H3,(H,18,19). The van der Waals surface area contributed by atoms with Crippen LogP contribution in [0.15, 0.2) is 18.3 Å². The lowest BCUT2D eigenvalue weighted by molar-refractivity contribution is 0.140. The molecule has 100 valence electrons. The molecule has 1 aromatic carbocycles. The molecule has 1 amide bonds. The van der Waals surface area contributed by atoms with E-state index in [2.05, 4.69) is 31.1 Å². The van der Waals surface area contributed by atoms with Crippen LogP contribution >= 0.6 is 0 Å². The molecule has 2 aromatic rings. The number of carboxylic acid groups (broad SMARTS) is 1. The van der Waals surface area contributed by atoms with Crippen molar-refractivity contribution in [2.45, 2.75) is 32.7 Å². The summed E-state index contributed by atoms with van der Waals surface area (Å²) in [7, 11) is 0. The Morgan fingerprint density at radius 3 is 2.89 bits per heavy atom.